The fourth-order valence-electron chi connectivity index (χ4n) is 9.45. The zero-order valence-electron chi connectivity index (χ0n) is 33.8. The van der Waals surface area contributed by atoms with E-state index >= 15 is 4.39 Å². The van der Waals surface area contributed by atoms with Gasteiger partial charge in [-0.3, -0.25) is 34.0 Å². The van der Waals surface area contributed by atoms with Gasteiger partial charge in [0.25, 0.3) is 11.5 Å². The van der Waals surface area contributed by atoms with Gasteiger partial charge >= 0.3 is 0 Å². The predicted octanol–water partition coefficient (Wildman–Crippen LogP) is 4.76. The number of carbonyl (C=O) groups is 3. The number of carbonyl (C=O) groups excluding carboxylic acids is 3. The van der Waals surface area contributed by atoms with E-state index in [1.807, 2.05) is 42.5 Å². The van der Waals surface area contributed by atoms with Gasteiger partial charge < -0.3 is 24.3 Å². The number of imide groups is 1. The Morgan fingerprint density at radius 3 is 2.34 bits per heavy atom. The van der Waals surface area contributed by atoms with Crippen molar-refractivity contribution < 1.29 is 27.9 Å². The molecule has 14 nitrogen and oxygen atoms in total. The van der Waals surface area contributed by atoms with Crippen LogP contribution >= 0.6 is 0 Å². The van der Waals surface area contributed by atoms with Crippen molar-refractivity contribution in [1.29, 1.82) is 5.26 Å². The summed E-state index contributed by atoms with van der Waals surface area (Å²) in [5.41, 5.74) is 4.77. The van der Waals surface area contributed by atoms with Crippen molar-refractivity contribution in [2.75, 3.05) is 73.6 Å². The van der Waals surface area contributed by atoms with E-state index in [2.05, 4.69) is 31.1 Å². The third kappa shape index (κ3) is 7.25. The molecule has 4 fully saturated rings. The summed E-state index contributed by atoms with van der Waals surface area (Å²) < 4.78 is 36.4. The van der Waals surface area contributed by atoms with Crippen molar-refractivity contribution in [3.8, 4) is 23.3 Å². The molecule has 10 rings (SSSR count). The molecule has 5 aliphatic heterocycles. The summed E-state index contributed by atoms with van der Waals surface area (Å²) in [5.74, 6) is -1.19. The van der Waals surface area contributed by atoms with Crippen molar-refractivity contribution >= 4 is 45.7 Å². The average Bonchev–Trinajstić information content (AvgIpc) is 3.85. The largest absolute Gasteiger partial charge is 0.453 e. The number of fused-ring (bicyclic) bond motifs is 2. The van der Waals surface area contributed by atoms with Crippen LogP contribution in [0.25, 0.3) is 16.6 Å². The summed E-state index contributed by atoms with van der Waals surface area (Å²) in [7, 11) is 0. The minimum Gasteiger partial charge on any atom is -0.453 e. The number of alkyl halides is 1. The quantitative estimate of drug-likeness (QED) is 0.205. The molecule has 5 aromatic rings. The Balaban J connectivity index is 0.740. The van der Waals surface area contributed by atoms with Crippen LogP contribution in [0, 0.1) is 23.1 Å². The highest BCUT2D eigenvalue weighted by Crippen LogP contribution is 2.37. The maximum Gasteiger partial charge on any atom is 0.265 e. The number of hydrogen-bond acceptors (Lipinski definition) is 11. The highest BCUT2D eigenvalue weighted by atomic mass is 19.1. The maximum absolute atomic E-state index is 15.1. The molecule has 1 aromatic heterocycles. The molecular formula is C46H43F2N9O5. The predicted molar refractivity (Wildman–Crippen MR) is 227 cm³/mol. The van der Waals surface area contributed by atoms with Crippen molar-refractivity contribution in [3.63, 3.8) is 0 Å². The van der Waals surface area contributed by atoms with Crippen LogP contribution in [-0.4, -0.2) is 108 Å². The fourth-order valence-corrected chi connectivity index (χ4v) is 9.45. The Morgan fingerprint density at radius 2 is 1.60 bits per heavy atom. The lowest BCUT2D eigenvalue weighted by Gasteiger charge is -2.45. The van der Waals surface area contributed by atoms with Gasteiger partial charge in [-0.05, 0) is 91.2 Å². The number of aromatic nitrogens is 2. The lowest BCUT2D eigenvalue weighted by molar-refractivity contribution is -0.136. The van der Waals surface area contributed by atoms with E-state index in [1.54, 1.807) is 21.9 Å². The molecule has 316 valence electrons. The monoisotopic (exact) mass is 839 g/mol. The topological polar surface area (TPSA) is 147 Å². The number of benzene rings is 4. The van der Waals surface area contributed by atoms with Crippen LogP contribution in [-0.2, 0) is 16.1 Å². The number of halogens is 2. The first-order valence-electron chi connectivity index (χ1n) is 21.0. The van der Waals surface area contributed by atoms with E-state index in [0.717, 1.165) is 62.8 Å². The molecule has 3 amide bonds. The molecule has 2 atom stereocenters. The van der Waals surface area contributed by atoms with Gasteiger partial charge in [0.15, 0.2) is 11.6 Å². The van der Waals surface area contributed by atoms with E-state index in [4.69, 9.17) is 4.74 Å². The molecule has 16 heteroatoms. The zero-order valence-corrected chi connectivity index (χ0v) is 33.8. The molecule has 62 heavy (non-hydrogen) atoms. The van der Waals surface area contributed by atoms with Crippen molar-refractivity contribution in [1.82, 2.24) is 24.7 Å². The smallest absolute Gasteiger partial charge is 0.265 e. The maximum atomic E-state index is 15.1. The second-order valence-corrected chi connectivity index (χ2v) is 16.7. The second-order valence-electron chi connectivity index (χ2n) is 16.7. The molecule has 0 saturated carbocycles. The van der Waals surface area contributed by atoms with Crippen LogP contribution < -0.4 is 30.3 Å². The van der Waals surface area contributed by atoms with E-state index in [0.29, 0.717) is 54.3 Å². The molecule has 0 bridgehead atoms. The van der Waals surface area contributed by atoms with Crippen molar-refractivity contribution in [3.05, 3.63) is 112 Å². The number of rotatable bonds is 9. The first-order chi connectivity index (χ1) is 30.1. The average molecular weight is 840 g/mol. The Bertz CT molecular complexity index is 2720. The van der Waals surface area contributed by atoms with E-state index < -0.39 is 23.9 Å². The lowest BCUT2D eigenvalue weighted by Crippen LogP contribution is -2.55. The lowest BCUT2D eigenvalue weighted by atomic mass is 9.97. The van der Waals surface area contributed by atoms with Crippen molar-refractivity contribution in [2.45, 2.75) is 38.0 Å². The fraction of sp³-hybridized carbons (Fsp3) is 0.348. The van der Waals surface area contributed by atoms with Gasteiger partial charge in [0.2, 0.25) is 11.8 Å². The van der Waals surface area contributed by atoms with Gasteiger partial charge in [-0.1, -0.05) is 0 Å². The van der Waals surface area contributed by atoms with E-state index in [-0.39, 0.29) is 52.8 Å². The molecule has 6 heterocycles. The van der Waals surface area contributed by atoms with Gasteiger partial charge in [0, 0.05) is 94.7 Å². The number of nitrogens with one attached hydrogen (secondary N) is 1. The molecule has 4 saturated heterocycles. The number of anilines is 3. The number of nitriles is 1. The third-order valence-corrected chi connectivity index (χ3v) is 12.8. The minimum absolute atomic E-state index is 0.0357. The molecule has 0 radical (unpaired) electrons. The normalized spacial score (nSPS) is 20.7. The van der Waals surface area contributed by atoms with Crippen LogP contribution in [0.4, 0.5) is 25.8 Å². The van der Waals surface area contributed by atoms with Crippen LogP contribution in [0.2, 0.25) is 0 Å². The Kier molecular flexibility index (Phi) is 10.1. The molecule has 0 spiro atoms. The standard InChI is InChI=1S/C46H43F2N9O5/c47-30-13-14-54(26-30)40-10-8-38(48)43(37(40)21-49)62-34-6-9-39-36(20-34)46(61)57(27-50-39)32-3-1-31(2-4-32)53-17-15-52(16-18-53)22-28-23-55(24-28)33-5-7-35-29(19-33)25-56(45(35)60)41-11-12-42(58)51-44(41)59/h1-10,19-20,27-28,30,41H,11-18,22-26H2,(H,51,58,59). The molecule has 2 unspecified atom stereocenters. The first-order valence-corrected chi connectivity index (χ1v) is 21.0. The van der Waals surface area contributed by atoms with Gasteiger partial charge in [0.05, 0.1) is 22.3 Å². The highest BCUT2D eigenvalue weighted by molar-refractivity contribution is 6.05. The van der Waals surface area contributed by atoms with Gasteiger partial charge in [-0.15, -0.1) is 0 Å². The highest BCUT2D eigenvalue weighted by Gasteiger charge is 2.40. The SMILES string of the molecule is N#Cc1c(N2CCC(F)C2)ccc(F)c1Oc1ccc2ncn(-c3ccc(N4CCN(CC5CN(c6ccc7c(c6)CN(C6CCC(=O)NC6=O)C7=O)C5)CC4)cc3)c(=O)c2c1. The number of ether oxygens (including phenoxy) is 1. The summed E-state index contributed by atoms with van der Waals surface area (Å²) in [4.78, 5) is 65.9. The minimum atomic E-state index is -1.03. The molecule has 5 aliphatic rings. The first kappa shape index (κ1) is 39.3. The summed E-state index contributed by atoms with van der Waals surface area (Å²) in [5, 5.41) is 12.6. The summed E-state index contributed by atoms with van der Waals surface area (Å²) in [6.07, 6.45) is 1.36. The number of nitrogens with zero attached hydrogens (tertiary/aromatic N) is 8. The van der Waals surface area contributed by atoms with E-state index in [9.17, 15) is 28.8 Å². The molecule has 1 N–H and O–H groups in total. The molecule has 4 aromatic carbocycles. The van der Waals surface area contributed by atoms with Gasteiger partial charge in [-0.25, -0.2) is 13.8 Å². The number of hydrogen-bond donors (Lipinski definition) is 1. The zero-order chi connectivity index (χ0) is 42.6. The Hall–Kier alpha value is -6.86. The van der Waals surface area contributed by atoms with Crippen LogP contribution in [0.15, 0.2) is 83.9 Å². The van der Waals surface area contributed by atoms with Gasteiger partial charge in [-0.2, -0.15) is 5.26 Å². The van der Waals surface area contributed by atoms with E-state index in [1.165, 1.54) is 29.1 Å². The number of piperazine rings is 1. The molecule has 0 aliphatic carbocycles. The van der Waals surface area contributed by atoms with Crippen LogP contribution in [0.5, 0.6) is 11.5 Å². The second kappa shape index (κ2) is 15.9. The number of amides is 3. The Morgan fingerprint density at radius 1 is 0.823 bits per heavy atom. The summed E-state index contributed by atoms with van der Waals surface area (Å²) in [6.45, 7) is 7.33. The summed E-state index contributed by atoms with van der Waals surface area (Å²) in [6, 6.07) is 22.4. The molecular weight excluding hydrogens is 797 g/mol. The third-order valence-electron chi connectivity index (χ3n) is 12.8. The van der Waals surface area contributed by atoms with Gasteiger partial charge in [0.1, 0.15) is 35.9 Å². The summed E-state index contributed by atoms with van der Waals surface area (Å²) >= 11 is 0. The number of piperidine rings is 1. The van der Waals surface area contributed by atoms with Crippen LogP contribution in [0.3, 0.4) is 0 Å². The van der Waals surface area contributed by atoms with Crippen LogP contribution in [0.1, 0.15) is 40.7 Å². The Labute approximate surface area is 355 Å². The van der Waals surface area contributed by atoms with Crippen molar-refractivity contribution in [2.24, 2.45) is 5.92 Å².